The molecule has 1 atom stereocenters. The minimum absolute atomic E-state index is 0.218. The maximum Gasteiger partial charge on any atom is 0.124 e. The van der Waals surface area contributed by atoms with Crippen molar-refractivity contribution >= 4 is 5.69 Å². The van der Waals surface area contributed by atoms with E-state index in [0.29, 0.717) is 6.61 Å². The molecule has 0 spiro atoms. The number of benzene rings is 1. The SMILES string of the molecule is NCCN1CCN(c2ccc(O[C@H]3CCOC3)cc2)CC1. The van der Waals surface area contributed by atoms with Crippen LogP contribution in [0.15, 0.2) is 24.3 Å². The van der Waals surface area contributed by atoms with E-state index in [9.17, 15) is 0 Å². The summed E-state index contributed by atoms with van der Waals surface area (Å²) in [7, 11) is 0. The van der Waals surface area contributed by atoms with E-state index >= 15 is 0 Å². The van der Waals surface area contributed by atoms with Gasteiger partial charge in [0.1, 0.15) is 11.9 Å². The van der Waals surface area contributed by atoms with Gasteiger partial charge in [0.2, 0.25) is 0 Å². The van der Waals surface area contributed by atoms with Crippen LogP contribution in [-0.2, 0) is 4.74 Å². The van der Waals surface area contributed by atoms with E-state index in [2.05, 4.69) is 34.1 Å². The average Bonchev–Trinajstić information content (AvgIpc) is 3.02. The highest BCUT2D eigenvalue weighted by molar-refractivity contribution is 5.49. The normalized spacial score (nSPS) is 23.5. The van der Waals surface area contributed by atoms with Gasteiger partial charge in [-0.3, -0.25) is 4.90 Å². The van der Waals surface area contributed by atoms with Gasteiger partial charge < -0.3 is 20.1 Å². The van der Waals surface area contributed by atoms with Crippen LogP contribution in [0.1, 0.15) is 6.42 Å². The molecule has 1 aromatic rings. The van der Waals surface area contributed by atoms with Crippen molar-refractivity contribution < 1.29 is 9.47 Å². The summed E-state index contributed by atoms with van der Waals surface area (Å²) in [6.45, 7) is 7.60. The lowest BCUT2D eigenvalue weighted by atomic mass is 10.2. The Hall–Kier alpha value is -1.30. The second-order valence-corrected chi connectivity index (χ2v) is 5.71. The van der Waals surface area contributed by atoms with Gasteiger partial charge in [-0.25, -0.2) is 0 Å². The Labute approximate surface area is 126 Å². The van der Waals surface area contributed by atoms with Crippen molar-refractivity contribution in [3.05, 3.63) is 24.3 Å². The molecule has 2 saturated heterocycles. The molecule has 2 fully saturated rings. The zero-order valence-electron chi connectivity index (χ0n) is 12.5. The molecule has 2 N–H and O–H groups in total. The van der Waals surface area contributed by atoms with Crippen LogP contribution in [0.2, 0.25) is 0 Å². The third-order valence-corrected chi connectivity index (χ3v) is 4.21. The molecule has 1 aromatic carbocycles. The first-order valence-corrected chi connectivity index (χ1v) is 7.87. The van der Waals surface area contributed by atoms with Gasteiger partial charge in [-0.1, -0.05) is 0 Å². The second-order valence-electron chi connectivity index (χ2n) is 5.71. The van der Waals surface area contributed by atoms with E-state index < -0.39 is 0 Å². The fourth-order valence-corrected chi connectivity index (χ4v) is 2.95. The van der Waals surface area contributed by atoms with Gasteiger partial charge in [-0.15, -0.1) is 0 Å². The van der Waals surface area contributed by atoms with Crippen LogP contribution in [0.25, 0.3) is 0 Å². The summed E-state index contributed by atoms with van der Waals surface area (Å²) in [5, 5.41) is 0. The van der Waals surface area contributed by atoms with E-state index in [4.69, 9.17) is 15.2 Å². The molecule has 0 radical (unpaired) electrons. The van der Waals surface area contributed by atoms with Crippen molar-refractivity contribution in [2.45, 2.75) is 12.5 Å². The highest BCUT2D eigenvalue weighted by Gasteiger charge is 2.18. The third kappa shape index (κ3) is 3.87. The summed E-state index contributed by atoms with van der Waals surface area (Å²) in [5.41, 5.74) is 6.89. The Bertz CT molecular complexity index is 424. The number of nitrogens with zero attached hydrogens (tertiary/aromatic N) is 2. The number of rotatable bonds is 5. The maximum absolute atomic E-state index is 5.90. The molecule has 0 amide bonds. The Kier molecular flexibility index (Phi) is 4.95. The van der Waals surface area contributed by atoms with Crippen LogP contribution < -0.4 is 15.4 Å². The summed E-state index contributed by atoms with van der Waals surface area (Å²) in [6, 6.07) is 8.45. The van der Waals surface area contributed by atoms with E-state index in [0.717, 1.165) is 58.0 Å². The van der Waals surface area contributed by atoms with Crippen molar-refractivity contribution in [2.75, 3.05) is 57.4 Å². The van der Waals surface area contributed by atoms with Crippen molar-refractivity contribution in [3.63, 3.8) is 0 Å². The summed E-state index contributed by atoms with van der Waals surface area (Å²) in [6.07, 6.45) is 1.21. The topological polar surface area (TPSA) is 51.0 Å². The Morgan fingerprint density at radius 2 is 1.90 bits per heavy atom. The number of piperazine rings is 1. The molecule has 116 valence electrons. The van der Waals surface area contributed by atoms with Crippen LogP contribution in [-0.4, -0.2) is 63.5 Å². The molecular weight excluding hydrogens is 266 g/mol. The second kappa shape index (κ2) is 7.11. The minimum atomic E-state index is 0.218. The molecular formula is C16H25N3O2. The molecule has 3 rings (SSSR count). The van der Waals surface area contributed by atoms with Crippen molar-refractivity contribution in [2.24, 2.45) is 5.73 Å². The predicted molar refractivity (Wildman–Crippen MR) is 84.0 cm³/mol. The van der Waals surface area contributed by atoms with Crippen LogP contribution in [0.5, 0.6) is 5.75 Å². The first-order valence-electron chi connectivity index (χ1n) is 7.87. The lowest BCUT2D eigenvalue weighted by Crippen LogP contribution is -2.47. The number of anilines is 1. The molecule has 21 heavy (non-hydrogen) atoms. The zero-order valence-corrected chi connectivity index (χ0v) is 12.5. The molecule has 0 aromatic heterocycles. The van der Waals surface area contributed by atoms with E-state index in [1.807, 2.05) is 0 Å². The van der Waals surface area contributed by atoms with E-state index in [1.165, 1.54) is 5.69 Å². The van der Waals surface area contributed by atoms with Crippen molar-refractivity contribution in [1.29, 1.82) is 0 Å². The fraction of sp³-hybridized carbons (Fsp3) is 0.625. The monoisotopic (exact) mass is 291 g/mol. The van der Waals surface area contributed by atoms with Crippen molar-refractivity contribution in [1.82, 2.24) is 4.90 Å². The number of nitrogens with two attached hydrogens (primary N) is 1. The summed E-state index contributed by atoms with van der Waals surface area (Å²) in [4.78, 5) is 4.85. The number of hydrogen-bond acceptors (Lipinski definition) is 5. The average molecular weight is 291 g/mol. The molecule has 0 unspecified atom stereocenters. The third-order valence-electron chi connectivity index (χ3n) is 4.21. The largest absolute Gasteiger partial charge is 0.488 e. The Morgan fingerprint density at radius 1 is 1.14 bits per heavy atom. The highest BCUT2D eigenvalue weighted by atomic mass is 16.5. The van der Waals surface area contributed by atoms with Gasteiger partial charge in [0, 0.05) is 51.4 Å². The van der Waals surface area contributed by atoms with Gasteiger partial charge in [0.25, 0.3) is 0 Å². The van der Waals surface area contributed by atoms with Gasteiger partial charge >= 0.3 is 0 Å². The van der Waals surface area contributed by atoms with Crippen molar-refractivity contribution in [3.8, 4) is 5.75 Å². The van der Waals surface area contributed by atoms with Gasteiger partial charge in [0.05, 0.1) is 13.2 Å². The molecule has 0 bridgehead atoms. The maximum atomic E-state index is 5.90. The smallest absolute Gasteiger partial charge is 0.124 e. The quantitative estimate of drug-likeness (QED) is 0.875. The fourth-order valence-electron chi connectivity index (χ4n) is 2.95. The molecule has 2 heterocycles. The molecule has 5 nitrogen and oxygen atoms in total. The molecule has 0 saturated carbocycles. The van der Waals surface area contributed by atoms with Crippen LogP contribution in [0.4, 0.5) is 5.69 Å². The van der Waals surface area contributed by atoms with Gasteiger partial charge in [-0.05, 0) is 24.3 Å². The number of ether oxygens (including phenoxy) is 2. The van der Waals surface area contributed by atoms with E-state index in [-0.39, 0.29) is 6.10 Å². The number of hydrogen-bond donors (Lipinski definition) is 1. The standard InChI is InChI=1S/C16H25N3O2/c17-6-7-18-8-10-19(11-9-18)14-1-3-15(4-2-14)21-16-5-12-20-13-16/h1-4,16H,5-13,17H2/t16-/m0/s1. The molecule has 2 aliphatic rings. The lowest BCUT2D eigenvalue weighted by Gasteiger charge is -2.36. The Morgan fingerprint density at radius 3 is 2.52 bits per heavy atom. The zero-order chi connectivity index (χ0) is 14.5. The van der Waals surface area contributed by atoms with Crippen LogP contribution >= 0.6 is 0 Å². The lowest BCUT2D eigenvalue weighted by molar-refractivity contribution is 0.141. The van der Waals surface area contributed by atoms with Crippen LogP contribution in [0, 0.1) is 0 Å². The predicted octanol–water partition coefficient (Wildman–Crippen LogP) is 0.935. The summed E-state index contributed by atoms with van der Waals surface area (Å²) >= 11 is 0. The minimum Gasteiger partial charge on any atom is -0.488 e. The summed E-state index contributed by atoms with van der Waals surface area (Å²) < 4.78 is 11.2. The summed E-state index contributed by atoms with van der Waals surface area (Å²) in [5.74, 6) is 0.941. The molecule has 5 heteroatoms. The van der Waals surface area contributed by atoms with E-state index in [1.54, 1.807) is 0 Å². The highest BCUT2D eigenvalue weighted by Crippen LogP contribution is 2.22. The van der Waals surface area contributed by atoms with Crippen LogP contribution in [0.3, 0.4) is 0 Å². The van der Waals surface area contributed by atoms with Gasteiger partial charge in [0.15, 0.2) is 0 Å². The molecule has 2 aliphatic heterocycles. The molecule has 0 aliphatic carbocycles. The first kappa shape index (κ1) is 14.6. The Balaban J connectivity index is 1.52. The van der Waals surface area contributed by atoms with Gasteiger partial charge in [-0.2, -0.15) is 0 Å². The first-order chi connectivity index (χ1) is 10.3.